The Hall–Kier alpha value is -3.25. The third-order valence-corrected chi connectivity index (χ3v) is 7.73. The van der Waals surface area contributed by atoms with Crippen molar-refractivity contribution in [3.63, 3.8) is 0 Å². The van der Waals surface area contributed by atoms with Crippen LogP contribution in [-0.2, 0) is 5.41 Å². The first kappa shape index (κ1) is 18.3. The summed E-state index contributed by atoms with van der Waals surface area (Å²) in [7, 11) is 0. The maximum absolute atomic E-state index is 13.3. The summed E-state index contributed by atoms with van der Waals surface area (Å²) < 4.78 is 0. The molecule has 32 heavy (non-hydrogen) atoms. The van der Waals surface area contributed by atoms with E-state index in [9.17, 15) is 4.79 Å². The molecule has 4 aliphatic rings. The number of piperazine rings is 1. The van der Waals surface area contributed by atoms with Gasteiger partial charge in [-0.15, -0.1) is 0 Å². The smallest absolute Gasteiger partial charge is 0.254 e. The Kier molecular flexibility index (Phi) is 3.80. The molecule has 0 radical (unpaired) electrons. The summed E-state index contributed by atoms with van der Waals surface area (Å²) in [6.45, 7) is 2.62. The molecule has 1 aliphatic carbocycles. The van der Waals surface area contributed by atoms with Crippen molar-refractivity contribution in [3.8, 4) is 11.1 Å². The quantitative estimate of drug-likeness (QED) is 0.699. The van der Waals surface area contributed by atoms with Crippen LogP contribution in [0.3, 0.4) is 0 Å². The number of likely N-dealkylation sites (tertiary alicyclic amines) is 1. The van der Waals surface area contributed by atoms with Gasteiger partial charge in [0.2, 0.25) is 5.95 Å². The summed E-state index contributed by atoms with van der Waals surface area (Å²) in [5.74, 6) is 0.863. The molecule has 2 atom stereocenters. The molecule has 3 aliphatic heterocycles. The van der Waals surface area contributed by atoms with Crippen LogP contribution in [-0.4, -0.2) is 52.5 Å². The van der Waals surface area contributed by atoms with Crippen molar-refractivity contribution < 1.29 is 4.79 Å². The molecule has 7 rings (SSSR count). The van der Waals surface area contributed by atoms with Crippen molar-refractivity contribution in [1.29, 1.82) is 0 Å². The van der Waals surface area contributed by atoms with Gasteiger partial charge in [0.05, 0.1) is 0 Å². The van der Waals surface area contributed by atoms with Crippen molar-refractivity contribution in [2.45, 2.75) is 36.8 Å². The van der Waals surface area contributed by atoms with E-state index in [4.69, 9.17) is 9.97 Å². The average Bonchev–Trinajstić information content (AvgIpc) is 3.17. The van der Waals surface area contributed by atoms with Gasteiger partial charge in [0.1, 0.15) is 0 Å². The number of benzene rings is 2. The average molecular weight is 424 g/mol. The zero-order chi connectivity index (χ0) is 21.3. The van der Waals surface area contributed by atoms with Crippen molar-refractivity contribution in [3.05, 3.63) is 72.1 Å². The minimum Gasteiger partial charge on any atom is -0.333 e. The van der Waals surface area contributed by atoms with Crippen molar-refractivity contribution in [2.24, 2.45) is 0 Å². The van der Waals surface area contributed by atoms with Crippen molar-refractivity contribution in [1.82, 2.24) is 20.2 Å². The van der Waals surface area contributed by atoms with Crippen LogP contribution in [0.5, 0.6) is 0 Å². The van der Waals surface area contributed by atoms with Gasteiger partial charge in [0, 0.05) is 66.3 Å². The number of rotatable bonds is 3. The van der Waals surface area contributed by atoms with Gasteiger partial charge in [-0.05, 0) is 42.5 Å². The fourth-order valence-electron chi connectivity index (χ4n) is 5.78. The van der Waals surface area contributed by atoms with Crippen LogP contribution in [0.4, 0.5) is 11.6 Å². The molecule has 2 bridgehead atoms. The second-order valence-corrected chi connectivity index (χ2v) is 9.69. The number of hydrogen-bond donors (Lipinski definition) is 1. The lowest BCUT2D eigenvalue weighted by molar-refractivity contribution is 0.0716. The van der Waals surface area contributed by atoms with Crippen molar-refractivity contribution >= 4 is 17.5 Å². The minimum atomic E-state index is 0.152. The second kappa shape index (κ2) is 6.62. The zero-order valence-electron chi connectivity index (χ0n) is 17.9. The van der Waals surface area contributed by atoms with E-state index in [2.05, 4.69) is 39.4 Å². The van der Waals surface area contributed by atoms with E-state index in [0.29, 0.717) is 18.0 Å². The van der Waals surface area contributed by atoms with E-state index < -0.39 is 0 Å². The third-order valence-electron chi connectivity index (χ3n) is 7.73. The molecule has 2 aromatic carbocycles. The highest BCUT2D eigenvalue weighted by Gasteiger charge is 2.52. The molecule has 6 nitrogen and oxygen atoms in total. The van der Waals surface area contributed by atoms with Gasteiger partial charge in [-0.1, -0.05) is 36.4 Å². The second-order valence-electron chi connectivity index (χ2n) is 9.69. The molecule has 4 heterocycles. The van der Waals surface area contributed by atoms with E-state index in [-0.39, 0.29) is 11.3 Å². The maximum atomic E-state index is 13.3. The van der Waals surface area contributed by atoms with Gasteiger partial charge >= 0.3 is 0 Å². The maximum Gasteiger partial charge on any atom is 0.254 e. The van der Waals surface area contributed by atoms with Crippen LogP contribution in [0.1, 0.15) is 35.2 Å². The topological polar surface area (TPSA) is 61.4 Å². The molecule has 3 fully saturated rings. The molecule has 2 saturated heterocycles. The summed E-state index contributed by atoms with van der Waals surface area (Å²) >= 11 is 0. The molecule has 2 unspecified atom stereocenters. The molecule has 1 aromatic heterocycles. The molecule has 1 saturated carbocycles. The van der Waals surface area contributed by atoms with E-state index in [1.165, 1.54) is 18.4 Å². The number of fused-ring (bicyclic) bond motifs is 4. The van der Waals surface area contributed by atoms with Crippen LogP contribution >= 0.6 is 0 Å². The zero-order valence-corrected chi connectivity index (χ0v) is 17.9. The van der Waals surface area contributed by atoms with Gasteiger partial charge in [0.15, 0.2) is 0 Å². The predicted octanol–water partition coefficient (Wildman–Crippen LogP) is 3.51. The van der Waals surface area contributed by atoms with E-state index in [1.807, 2.05) is 36.7 Å². The first-order chi connectivity index (χ1) is 15.7. The Balaban J connectivity index is 1.22. The lowest BCUT2D eigenvalue weighted by Gasteiger charge is -2.28. The summed E-state index contributed by atoms with van der Waals surface area (Å²) in [6.07, 6.45) is 7.25. The summed E-state index contributed by atoms with van der Waals surface area (Å²) in [4.78, 5) is 27.0. The van der Waals surface area contributed by atoms with Gasteiger partial charge in [-0.25, -0.2) is 9.97 Å². The first-order valence-corrected chi connectivity index (χ1v) is 11.5. The number of aromatic nitrogens is 2. The Labute approximate surface area is 187 Å². The fraction of sp³-hybridized carbons (Fsp3) is 0.346. The monoisotopic (exact) mass is 423 g/mol. The third kappa shape index (κ3) is 2.72. The molecule has 1 spiro atoms. The van der Waals surface area contributed by atoms with E-state index in [1.54, 1.807) is 0 Å². The van der Waals surface area contributed by atoms with Crippen LogP contribution in [0.25, 0.3) is 11.1 Å². The first-order valence-electron chi connectivity index (χ1n) is 11.5. The molecule has 6 heteroatoms. The Morgan fingerprint density at radius 3 is 2.53 bits per heavy atom. The Bertz CT molecular complexity index is 1200. The Morgan fingerprint density at radius 1 is 1.03 bits per heavy atom. The SMILES string of the molecule is O=C(c1ccc2c(c1)N(c1ncc(-c3ccccc3)cn1)CC21CC1)N1CC2CC1CN2. The fourth-order valence-corrected chi connectivity index (χ4v) is 5.78. The van der Waals surface area contributed by atoms with Crippen LogP contribution in [0.2, 0.25) is 0 Å². The number of amides is 1. The summed E-state index contributed by atoms with van der Waals surface area (Å²) in [5.41, 5.74) is 5.55. The highest BCUT2D eigenvalue weighted by Crippen LogP contribution is 2.57. The van der Waals surface area contributed by atoms with Gasteiger partial charge in [-0.2, -0.15) is 0 Å². The minimum absolute atomic E-state index is 0.152. The summed E-state index contributed by atoms with van der Waals surface area (Å²) in [5, 5.41) is 3.48. The van der Waals surface area contributed by atoms with Crippen LogP contribution < -0.4 is 10.2 Å². The van der Waals surface area contributed by atoms with Crippen molar-refractivity contribution in [2.75, 3.05) is 24.5 Å². The highest BCUT2D eigenvalue weighted by molar-refractivity contribution is 5.96. The number of carbonyl (C=O) groups is 1. The van der Waals surface area contributed by atoms with Gasteiger partial charge in [0.25, 0.3) is 5.91 Å². The standard InChI is InChI=1S/C26H25N5O/c32-24(30-15-20-11-21(30)14-27-20)18-6-7-22-23(10-18)31(16-26(22)8-9-26)25-28-12-19(13-29-25)17-4-2-1-3-5-17/h1-7,10,12-13,20-21,27H,8-9,11,14-16H2. The Morgan fingerprint density at radius 2 is 1.84 bits per heavy atom. The molecule has 3 aromatic rings. The normalized spacial score (nSPS) is 24.2. The number of hydrogen-bond acceptors (Lipinski definition) is 5. The van der Waals surface area contributed by atoms with E-state index >= 15 is 0 Å². The lowest BCUT2D eigenvalue weighted by Crippen LogP contribution is -2.46. The highest BCUT2D eigenvalue weighted by atomic mass is 16.2. The van der Waals surface area contributed by atoms with Crippen LogP contribution in [0, 0.1) is 0 Å². The molecular formula is C26H25N5O. The van der Waals surface area contributed by atoms with Gasteiger partial charge in [-0.3, -0.25) is 4.79 Å². The van der Waals surface area contributed by atoms with E-state index in [0.717, 1.165) is 48.4 Å². The van der Waals surface area contributed by atoms with Crippen LogP contribution in [0.15, 0.2) is 60.9 Å². The van der Waals surface area contributed by atoms with Gasteiger partial charge < -0.3 is 15.1 Å². The largest absolute Gasteiger partial charge is 0.333 e. The number of anilines is 2. The molecule has 1 amide bonds. The number of nitrogens with one attached hydrogen (secondary N) is 1. The molecule has 160 valence electrons. The summed E-state index contributed by atoms with van der Waals surface area (Å²) in [6, 6.07) is 17.3. The predicted molar refractivity (Wildman–Crippen MR) is 123 cm³/mol. The number of nitrogens with zero attached hydrogens (tertiary/aromatic N) is 4. The molecular weight excluding hydrogens is 398 g/mol. The molecule has 1 N–H and O–H groups in total. The lowest BCUT2D eigenvalue weighted by atomic mass is 9.97. The number of carbonyl (C=O) groups excluding carboxylic acids is 1.